The molecule has 1 aromatic carbocycles. The molecule has 10 nitrogen and oxygen atoms in total. The summed E-state index contributed by atoms with van der Waals surface area (Å²) >= 11 is 0. The number of ether oxygens (including phenoxy) is 1. The average Bonchev–Trinajstić information content (AvgIpc) is 3.58. The number of halogens is 2. The number of piperazine rings is 1. The van der Waals surface area contributed by atoms with Gasteiger partial charge in [0.15, 0.2) is 0 Å². The van der Waals surface area contributed by atoms with Crippen LogP contribution in [0, 0.1) is 0 Å². The van der Waals surface area contributed by atoms with Crippen LogP contribution in [0.2, 0.25) is 0 Å². The number of carbonyl (C=O) groups excluding carboxylic acids is 1. The van der Waals surface area contributed by atoms with Crippen LogP contribution >= 0.6 is 24.8 Å². The summed E-state index contributed by atoms with van der Waals surface area (Å²) in [4.78, 5) is 26.9. The summed E-state index contributed by atoms with van der Waals surface area (Å²) in [6, 6.07) is 15.5. The van der Waals surface area contributed by atoms with Crippen molar-refractivity contribution in [1.29, 1.82) is 0 Å². The Morgan fingerprint density at radius 3 is 2.63 bits per heavy atom. The number of aryl methyl sites for hydroxylation is 2. The molecule has 1 amide bonds. The van der Waals surface area contributed by atoms with E-state index in [1.807, 2.05) is 59.4 Å². The van der Waals surface area contributed by atoms with Gasteiger partial charge in [-0.2, -0.15) is 5.10 Å². The van der Waals surface area contributed by atoms with Crippen LogP contribution in [0.15, 0.2) is 73.3 Å². The number of hydrogen-bond acceptors (Lipinski definition) is 7. The molecule has 6 rings (SSSR count). The molecule has 0 bridgehead atoms. The number of pyridine rings is 2. The standard InChI is InChI=1S/C29H32N8O2.2ClH/c1-34-13-15-35(16-14-34)17-18-39-23-9-11-36-27(21-31-28(36)19-23)29(38)33-25-6-4-7-26-24(25)20-32-37(26)12-8-22-5-2-3-10-30-22;;/h2-7,9-11,19-21H,8,12-18H2,1H3,(H,33,38);2*1H. The maximum absolute atomic E-state index is 13.3. The van der Waals surface area contributed by atoms with E-state index < -0.39 is 0 Å². The first kappa shape index (κ1) is 30.3. The number of aromatic nitrogens is 5. The van der Waals surface area contributed by atoms with Gasteiger partial charge in [-0.1, -0.05) is 12.1 Å². The fraction of sp³-hybridized carbons (Fsp3) is 0.310. The van der Waals surface area contributed by atoms with Crippen molar-refractivity contribution in [3.63, 3.8) is 0 Å². The Balaban J connectivity index is 0.00000194. The SMILES string of the molecule is CN1CCN(CCOc2ccn3c(C(=O)Nc4cccc5c4cnn5CCc4ccccn4)cnc3c2)CC1.Cl.Cl. The van der Waals surface area contributed by atoms with Crippen molar-refractivity contribution in [2.75, 3.05) is 51.7 Å². The Bertz CT molecular complexity index is 1580. The molecule has 0 radical (unpaired) electrons. The molecular formula is C29H34Cl2N8O2. The van der Waals surface area contributed by atoms with Crippen LogP contribution in [0.4, 0.5) is 5.69 Å². The third-order valence-corrected chi connectivity index (χ3v) is 7.23. The lowest BCUT2D eigenvalue weighted by Crippen LogP contribution is -2.45. The fourth-order valence-electron chi connectivity index (χ4n) is 4.93. The molecule has 4 aromatic heterocycles. The van der Waals surface area contributed by atoms with E-state index in [4.69, 9.17) is 4.74 Å². The molecule has 5 heterocycles. The molecule has 0 saturated carbocycles. The first-order valence-corrected chi connectivity index (χ1v) is 13.3. The molecule has 5 aromatic rings. The van der Waals surface area contributed by atoms with Crippen molar-refractivity contribution in [3.8, 4) is 5.75 Å². The largest absolute Gasteiger partial charge is 0.492 e. The van der Waals surface area contributed by atoms with Gasteiger partial charge >= 0.3 is 0 Å². The second-order valence-electron chi connectivity index (χ2n) is 9.86. The van der Waals surface area contributed by atoms with Gasteiger partial charge in [-0.25, -0.2) is 4.98 Å². The molecule has 41 heavy (non-hydrogen) atoms. The number of carbonyl (C=O) groups is 1. The van der Waals surface area contributed by atoms with Crippen LogP contribution in [0.1, 0.15) is 16.2 Å². The van der Waals surface area contributed by atoms with E-state index in [-0.39, 0.29) is 30.7 Å². The van der Waals surface area contributed by atoms with E-state index in [1.54, 1.807) is 23.0 Å². The number of nitrogens with one attached hydrogen (secondary N) is 1. The molecule has 216 valence electrons. The van der Waals surface area contributed by atoms with E-state index in [0.717, 1.165) is 61.5 Å². The lowest BCUT2D eigenvalue weighted by atomic mass is 10.2. The number of anilines is 1. The van der Waals surface area contributed by atoms with Crippen molar-refractivity contribution in [1.82, 2.24) is 33.9 Å². The molecule has 0 aliphatic carbocycles. The highest BCUT2D eigenvalue weighted by Gasteiger charge is 2.16. The number of benzene rings is 1. The van der Waals surface area contributed by atoms with Gasteiger partial charge in [-0.05, 0) is 37.4 Å². The molecule has 12 heteroatoms. The lowest BCUT2D eigenvalue weighted by molar-refractivity contribution is 0.102. The second-order valence-corrected chi connectivity index (χ2v) is 9.86. The van der Waals surface area contributed by atoms with Crippen LogP contribution in [-0.4, -0.2) is 86.2 Å². The van der Waals surface area contributed by atoms with Crippen molar-refractivity contribution in [2.24, 2.45) is 0 Å². The maximum Gasteiger partial charge on any atom is 0.274 e. The molecule has 0 atom stereocenters. The second kappa shape index (κ2) is 13.8. The van der Waals surface area contributed by atoms with Gasteiger partial charge in [0.25, 0.3) is 5.91 Å². The summed E-state index contributed by atoms with van der Waals surface area (Å²) < 4.78 is 9.71. The number of rotatable bonds is 9. The molecule has 1 saturated heterocycles. The van der Waals surface area contributed by atoms with Crippen LogP contribution in [-0.2, 0) is 13.0 Å². The van der Waals surface area contributed by atoms with E-state index in [9.17, 15) is 4.79 Å². The minimum Gasteiger partial charge on any atom is -0.492 e. The Morgan fingerprint density at radius 1 is 0.976 bits per heavy atom. The summed E-state index contributed by atoms with van der Waals surface area (Å²) in [5.74, 6) is 0.511. The normalized spacial score (nSPS) is 14.0. The zero-order chi connectivity index (χ0) is 26.6. The molecule has 0 spiro atoms. The van der Waals surface area contributed by atoms with Crippen LogP contribution < -0.4 is 10.1 Å². The van der Waals surface area contributed by atoms with Gasteiger partial charge in [0, 0.05) is 75.2 Å². The van der Waals surface area contributed by atoms with Crippen molar-refractivity contribution in [3.05, 3.63) is 84.7 Å². The smallest absolute Gasteiger partial charge is 0.274 e. The first-order valence-electron chi connectivity index (χ1n) is 13.3. The van der Waals surface area contributed by atoms with Gasteiger partial charge in [-0.15, -0.1) is 24.8 Å². The average molecular weight is 598 g/mol. The van der Waals surface area contributed by atoms with Crippen LogP contribution in [0.5, 0.6) is 5.75 Å². The predicted octanol–water partition coefficient (Wildman–Crippen LogP) is 4.04. The number of imidazole rings is 1. The summed E-state index contributed by atoms with van der Waals surface area (Å²) in [5, 5.41) is 8.49. The topological polar surface area (TPSA) is 92.8 Å². The zero-order valence-electron chi connectivity index (χ0n) is 22.8. The van der Waals surface area contributed by atoms with E-state index in [1.165, 1.54) is 0 Å². The van der Waals surface area contributed by atoms with E-state index >= 15 is 0 Å². The van der Waals surface area contributed by atoms with Gasteiger partial charge in [0.05, 0.1) is 23.6 Å². The maximum atomic E-state index is 13.3. The number of nitrogens with zero attached hydrogens (tertiary/aromatic N) is 7. The number of amides is 1. The van der Waals surface area contributed by atoms with Crippen molar-refractivity contribution >= 4 is 53.0 Å². The monoisotopic (exact) mass is 596 g/mol. The zero-order valence-corrected chi connectivity index (χ0v) is 24.5. The third kappa shape index (κ3) is 6.97. The Kier molecular flexibility index (Phi) is 10.2. The molecule has 1 aliphatic rings. The lowest BCUT2D eigenvalue weighted by Gasteiger charge is -2.32. The molecule has 1 N–H and O–H groups in total. The van der Waals surface area contributed by atoms with E-state index in [0.29, 0.717) is 30.2 Å². The minimum absolute atomic E-state index is 0. The quantitative estimate of drug-likeness (QED) is 0.274. The highest BCUT2D eigenvalue weighted by Crippen LogP contribution is 2.24. The highest BCUT2D eigenvalue weighted by molar-refractivity contribution is 6.08. The molecular weight excluding hydrogens is 563 g/mol. The Labute approximate surface area is 251 Å². The summed E-state index contributed by atoms with van der Waals surface area (Å²) in [7, 11) is 2.16. The summed E-state index contributed by atoms with van der Waals surface area (Å²) in [6.07, 6.45) is 7.79. The van der Waals surface area contributed by atoms with Crippen molar-refractivity contribution in [2.45, 2.75) is 13.0 Å². The Morgan fingerprint density at radius 2 is 1.83 bits per heavy atom. The van der Waals surface area contributed by atoms with Gasteiger partial charge in [0.2, 0.25) is 0 Å². The minimum atomic E-state index is -0.236. The van der Waals surface area contributed by atoms with Gasteiger partial charge < -0.3 is 15.0 Å². The molecule has 0 unspecified atom stereocenters. The number of hydrogen-bond donors (Lipinski definition) is 1. The van der Waals surface area contributed by atoms with Crippen LogP contribution in [0.3, 0.4) is 0 Å². The Hall–Kier alpha value is -3.70. The predicted molar refractivity (Wildman–Crippen MR) is 165 cm³/mol. The van der Waals surface area contributed by atoms with Gasteiger partial charge in [-0.3, -0.25) is 23.8 Å². The molecule has 1 fully saturated rings. The highest BCUT2D eigenvalue weighted by atomic mass is 35.5. The third-order valence-electron chi connectivity index (χ3n) is 7.23. The van der Waals surface area contributed by atoms with Crippen molar-refractivity contribution < 1.29 is 9.53 Å². The number of fused-ring (bicyclic) bond motifs is 2. The summed E-state index contributed by atoms with van der Waals surface area (Å²) in [5.41, 5.74) is 3.80. The van der Waals surface area contributed by atoms with Gasteiger partial charge in [0.1, 0.15) is 23.7 Å². The van der Waals surface area contributed by atoms with Crippen LogP contribution in [0.25, 0.3) is 16.6 Å². The fourth-order valence-corrected chi connectivity index (χ4v) is 4.93. The molecule has 1 aliphatic heterocycles. The first-order chi connectivity index (χ1) is 19.1. The number of likely N-dealkylation sites (N-methyl/N-ethyl adjacent to an activating group) is 1. The van der Waals surface area contributed by atoms with E-state index in [2.05, 4.69) is 37.2 Å². The summed E-state index contributed by atoms with van der Waals surface area (Å²) in [6.45, 7) is 6.53.